The summed E-state index contributed by atoms with van der Waals surface area (Å²) < 4.78 is 4.27. The van der Waals surface area contributed by atoms with Crippen molar-refractivity contribution in [2.24, 2.45) is 7.05 Å². The molecule has 0 aliphatic heterocycles. The lowest BCUT2D eigenvalue weighted by Gasteiger charge is -2.22. The quantitative estimate of drug-likeness (QED) is 0.680. The van der Waals surface area contributed by atoms with Gasteiger partial charge in [0, 0.05) is 24.5 Å². The van der Waals surface area contributed by atoms with Crippen molar-refractivity contribution in [2.75, 3.05) is 0 Å². The van der Waals surface area contributed by atoms with Crippen LogP contribution in [-0.4, -0.2) is 26.1 Å². The Labute approximate surface area is 172 Å². The van der Waals surface area contributed by atoms with Gasteiger partial charge < -0.3 is 9.88 Å². The van der Waals surface area contributed by atoms with Gasteiger partial charge in [-0.15, -0.1) is 0 Å². The molecule has 0 atom stereocenters. The van der Waals surface area contributed by atoms with Gasteiger partial charge in [-0.1, -0.05) is 44.4 Å². The van der Waals surface area contributed by atoms with E-state index in [1.54, 1.807) is 0 Å². The number of benzene rings is 1. The highest BCUT2D eigenvalue weighted by Gasteiger charge is 2.26. The molecule has 1 amide bonds. The van der Waals surface area contributed by atoms with Gasteiger partial charge in [0.2, 0.25) is 0 Å². The molecule has 1 saturated carbocycles. The summed E-state index contributed by atoms with van der Waals surface area (Å²) in [6, 6.07) is 14.6. The van der Waals surface area contributed by atoms with E-state index in [2.05, 4.69) is 52.6 Å². The second kappa shape index (κ2) is 8.27. The smallest absolute Gasteiger partial charge is 0.272 e. The molecule has 29 heavy (non-hydrogen) atoms. The summed E-state index contributed by atoms with van der Waals surface area (Å²) in [4.78, 5) is 18.1. The second-order valence-electron chi connectivity index (χ2n) is 7.98. The highest BCUT2D eigenvalue weighted by Crippen LogP contribution is 2.29. The highest BCUT2D eigenvalue weighted by atomic mass is 16.2. The fourth-order valence-electron chi connectivity index (χ4n) is 4.33. The lowest BCUT2D eigenvalue weighted by molar-refractivity contribution is 0.0922. The molecule has 1 aliphatic carbocycles. The van der Waals surface area contributed by atoms with Gasteiger partial charge in [-0.3, -0.25) is 9.36 Å². The molecule has 3 aromatic rings. The number of aryl methyl sites for hydroxylation is 1. The molecule has 2 aromatic heterocycles. The SMILES string of the molecule is CCc1c(C(=O)NC2CCCCC2)nc(-c2ccc(C)n2C)n1-c1ccccc1. The van der Waals surface area contributed by atoms with E-state index in [1.165, 1.54) is 19.3 Å². The third kappa shape index (κ3) is 3.74. The van der Waals surface area contributed by atoms with Crippen molar-refractivity contribution in [3.63, 3.8) is 0 Å². The van der Waals surface area contributed by atoms with E-state index in [0.29, 0.717) is 5.69 Å². The first-order chi connectivity index (χ1) is 14.1. The van der Waals surface area contributed by atoms with Gasteiger partial charge in [0.1, 0.15) is 0 Å². The summed E-state index contributed by atoms with van der Waals surface area (Å²) in [5.41, 5.74) is 4.71. The van der Waals surface area contributed by atoms with Crippen LogP contribution in [0.3, 0.4) is 0 Å². The Morgan fingerprint density at radius 3 is 2.45 bits per heavy atom. The normalized spacial score (nSPS) is 14.9. The van der Waals surface area contributed by atoms with Crippen LogP contribution < -0.4 is 5.32 Å². The lowest BCUT2D eigenvalue weighted by atomic mass is 9.95. The minimum Gasteiger partial charge on any atom is -0.348 e. The average Bonchev–Trinajstić information content (AvgIpc) is 3.29. The van der Waals surface area contributed by atoms with Crippen molar-refractivity contribution in [2.45, 2.75) is 58.4 Å². The van der Waals surface area contributed by atoms with E-state index in [4.69, 9.17) is 4.98 Å². The summed E-state index contributed by atoms with van der Waals surface area (Å²) in [6.45, 7) is 4.17. The van der Waals surface area contributed by atoms with Crippen molar-refractivity contribution >= 4 is 5.91 Å². The number of hydrogen-bond acceptors (Lipinski definition) is 2. The number of nitrogens with zero attached hydrogens (tertiary/aromatic N) is 3. The Morgan fingerprint density at radius 2 is 1.83 bits per heavy atom. The Morgan fingerprint density at radius 1 is 1.10 bits per heavy atom. The van der Waals surface area contributed by atoms with Gasteiger partial charge in [-0.25, -0.2) is 4.98 Å². The van der Waals surface area contributed by atoms with E-state index >= 15 is 0 Å². The van der Waals surface area contributed by atoms with E-state index in [9.17, 15) is 4.79 Å². The third-order valence-electron chi connectivity index (χ3n) is 6.08. The molecular weight excluding hydrogens is 360 g/mol. The maximum absolute atomic E-state index is 13.2. The minimum atomic E-state index is -0.0457. The predicted octanol–water partition coefficient (Wildman–Crippen LogP) is 4.81. The van der Waals surface area contributed by atoms with Crippen LogP contribution in [0.15, 0.2) is 42.5 Å². The van der Waals surface area contributed by atoms with Crippen molar-refractivity contribution in [1.82, 2.24) is 19.4 Å². The molecule has 0 bridgehead atoms. The summed E-state index contributed by atoms with van der Waals surface area (Å²) in [5.74, 6) is 0.771. The minimum absolute atomic E-state index is 0.0457. The van der Waals surface area contributed by atoms with Crippen LogP contribution in [0.2, 0.25) is 0 Å². The molecule has 1 aliphatic rings. The first-order valence-corrected chi connectivity index (χ1v) is 10.7. The lowest BCUT2D eigenvalue weighted by Crippen LogP contribution is -2.36. The van der Waals surface area contributed by atoms with Crippen molar-refractivity contribution < 1.29 is 4.79 Å². The molecule has 1 N–H and O–H groups in total. The van der Waals surface area contributed by atoms with Crippen molar-refractivity contribution in [3.8, 4) is 17.2 Å². The molecular formula is C24H30N4O. The number of para-hydroxylation sites is 1. The van der Waals surface area contributed by atoms with E-state index in [1.807, 2.05) is 25.2 Å². The molecule has 5 nitrogen and oxygen atoms in total. The molecule has 0 spiro atoms. The summed E-state index contributed by atoms with van der Waals surface area (Å²) in [5, 5.41) is 3.25. The number of hydrogen-bond donors (Lipinski definition) is 1. The Hall–Kier alpha value is -2.82. The molecule has 1 fully saturated rings. The zero-order chi connectivity index (χ0) is 20.4. The Kier molecular flexibility index (Phi) is 5.56. The number of carbonyl (C=O) groups excluding carboxylic acids is 1. The molecule has 1 aromatic carbocycles. The van der Waals surface area contributed by atoms with Crippen molar-refractivity contribution in [3.05, 3.63) is 59.5 Å². The Bertz CT molecular complexity index is 994. The molecule has 0 saturated heterocycles. The standard InChI is InChI=1S/C24H30N4O/c1-4-20-22(24(29)25-18-11-7-5-8-12-18)26-23(21-16-15-17(2)27(21)3)28(20)19-13-9-6-10-14-19/h6,9-10,13-16,18H,4-5,7-8,11-12H2,1-3H3,(H,25,29). The van der Waals surface area contributed by atoms with Crippen LogP contribution in [0.5, 0.6) is 0 Å². The number of nitrogens with one attached hydrogen (secondary N) is 1. The number of amides is 1. The number of aromatic nitrogens is 3. The maximum atomic E-state index is 13.2. The number of rotatable bonds is 5. The maximum Gasteiger partial charge on any atom is 0.272 e. The molecule has 4 rings (SSSR count). The van der Waals surface area contributed by atoms with Gasteiger partial charge in [-0.05, 0) is 50.5 Å². The zero-order valence-electron chi connectivity index (χ0n) is 17.6. The number of imidazole rings is 1. The second-order valence-corrected chi connectivity index (χ2v) is 7.98. The van der Waals surface area contributed by atoms with Crippen LogP contribution in [-0.2, 0) is 13.5 Å². The monoisotopic (exact) mass is 390 g/mol. The first-order valence-electron chi connectivity index (χ1n) is 10.7. The van der Waals surface area contributed by atoms with Gasteiger partial charge in [-0.2, -0.15) is 0 Å². The third-order valence-corrected chi connectivity index (χ3v) is 6.08. The molecule has 0 radical (unpaired) electrons. The highest BCUT2D eigenvalue weighted by molar-refractivity contribution is 5.94. The van der Waals surface area contributed by atoms with Crippen LogP contribution >= 0.6 is 0 Å². The van der Waals surface area contributed by atoms with Crippen LogP contribution in [0.4, 0.5) is 0 Å². The largest absolute Gasteiger partial charge is 0.348 e. The molecule has 0 unspecified atom stereocenters. The van der Waals surface area contributed by atoms with Gasteiger partial charge >= 0.3 is 0 Å². The first kappa shape index (κ1) is 19.5. The molecule has 2 heterocycles. The van der Waals surface area contributed by atoms with Crippen LogP contribution in [0, 0.1) is 6.92 Å². The average molecular weight is 391 g/mol. The summed E-state index contributed by atoms with van der Waals surface area (Å²) >= 11 is 0. The summed E-state index contributed by atoms with van der Waals surface area (Å²) in [7, 11) is 2.04. The zero-order valence-corrected chi connectivity index (χ0v) is 17.6. The number of carbonyl (C=O) groups is 1. The van der Waals surface area contributed by atoms with Gasteiger partial charge in [0.05, 0.1) is 11.4 Å². The fourth-order valence-corrected chi connectivity index (χ4v) is 4.33. The van der Waals surface area contributed by atoms with Crippen molar-refractivity contribution in [1.29, 1.82) is 0 Å². The van der Waals surface area contributed by atoms with E-state index < -0.39 is 0 Å². The topological polar surface area (TPSA) is 51.9 Å². The summed E-state index contributed by atoms with van der Waals surface area (Å²) in [6.07, 6.45) is 6.52. The van der Waals surface area contributed by atoms with E-state index in [0.717, 1.165) is 47.9 Å². The van der Waals surface area contributed by atoms with Crippen LogP contribution in [0.25, 0.3) is 17.2 Å². The molecule has 152 valence electrons. The van der Waals surface area contributed by atoms with Gasteiger partial charge in [0.25, 0.3) is 5.91 Å². The fraction of sp³-hybridized carbons (Fsp3) is 0.417. The predicted molar refractivity (Wildman–Crippen MR) is 116 cm³/mol. The van der Waals surface area contributed by atoms with Gasteiger partial charge in [0.15, 0.2) is 11.5 Å². The van der Waals surface area contributed by atoms with E-state index in [-0.39, 0.29) is 11.9 Å². The molecule has 5 heteroatoms. The Balaban J connectivity index is 1.82. The van der Waals surface area contributed by atoms with Crippen LogP contribution in [0.1, 0.15) is 60.9 Å².